The van der Waals surface area contributed by atoms with Crippen molar-refractivity contribution in [3.63, 3.8) is 0 Å². The first-order valence-corrected chi connectivity index (χ1v) is 8.37. The number of piperidine rings is 1. The molecule has 2 aliphatic rings. The van der Waals surface area contributed by atoms with E-state index >= 15 is 0 Å². The first-order valence-electron chi connectivity index (χ1n) is 8.37. The highest BCUT2D eigenvalue weighted by atomic mass is 16.5. The minimum atomic E-state index is 0.0892. The highest BCUT2D eigenvalue weighted by Gasteiger charge is 2.29. The molecule has 0 bridgehead atoms. The van der Waals surface area contributed by atoms with E-state index in [9.17, 15) is 9.59 Å². The molecule has 0 aromatic heterocycles. The van der Waals surface area contributed by atoms with Crippen LogP contribution in [-0.4, -0.2) is 56.0 Å². The fraction of sp³-hybridized carbons (Fsp3) is 0.556. The Hall–Kier alpha value is -1.88. The lowest BCUT2D eigenvalue weighted by molar-refractivity contribution is -0.140. The van der Waals surface area contributed by atoms with Gasteiger partial charge in [-0.3, -0.25) is 9.59 Å². The number of morpholine rings is 1. The minimum absolute atomic E-state index is 0.0892. The third-order valence-corrected chi connectivity index (χ3v) is 4.81. The molecule has 0 saturated carbocycles. The van der Waals surface area contributed by atoms with Crippen LogP contribution in [0.5, 0.6) is 0 Å². The van der Waals surface area contributed by atoms with Gasteiger partial charge in [0.25, 0.3) is 0 Å². The summed E-state index contributed by atoms with van der Waals surface area (Å²) in [4.78, 5) is 28.1. The molecule has 1 aromatic rings. The summed E-state index contributed by atoms with van der Waals surface area (Å²) in [5, 5.41) is 0. The van der Waals surface area contributed by atoms with E-state index in [0.717, 1.165) is 50.3 Å². The van der Waals surface area contributed by atoms with Crippen molar-refractivity contribution in [2.75, 3.05) is 44.3 Å². The average molecular weight is 316 g/mol. The van der Waals surface area contributed by atoms with Gasteiger partial charge < -0.3 is 14.5 Å². The molecule has 1 amide bonds. The van der Waals surface area contributed by atoms with Crippen LogP contribution in [0.15, 0.2) is 24.3 Å². The number of ether oxygens (including phenoxy) is 1. The predicted octanol–water partition coefficient (Wildman–Crippen LogP) is 1.96. The molecule has 0 radical (unpaired) electrons. The standard InChI is InChI=1S/C18H24N2O3/c1-14(21)15-2-4-17(5-3-15)19-8-6-16(7-9-19)18(22)20-10-12-23-13-11-20/h2-5,16H,6-13H2,1H3. The SMILES string of the molecule is CC(=O)c1ccc(N2CCC(C(=O)N3CCOCC3)CC2)cc1. The zero-order valence-corrected chi connectivity index (χ0v) is 13.7. The summed E-state index contributed by atoms with van der Waals surface area (Å²) in [5.74, 6) is 0.520. The minimum Gasteiger partial charge on any atom is -0.378 e. The molecule has 0 unspecified atom stereocenters. The van der Waals surface area contributed by atoms with Gasteiger partial charge in [-0.15, -0.1) is 0 Å². The van der Waals surface area contributed by atoms with Gasteiger partial charge >= 0.3 is 0 Å². The van der Waals surface area contributed by atoms with Gasteiger partial charge in [-0.1, -0.05) is 0 Å². The molecule has 3 rings (SSSR count). The first kappa shape index (κ1) is 16.0. The van der Waals surface area contributed by atoms with E-state index in [4.69, 9.17) is 4.74 Å². The molecule has 5 nitrogen and oxygen atoms in total. The van der Waals surface area contributed by atoms with Crippen LogP contribution in [0.4, 0.5) is 5.69 Å². The van der Waals surface area contributed by atoms with Crippen LogP contribution >= 0.6 is 0 Å². The van der Waals surface area contributed by atoms with Gasteiger partial charge in [0.15, 0.2) is 5.78 Å². The Kier molecular flexibility index (Phi) is 4.96. The van der Waals surface area contributed by atoms with Gasteiger partial charge in [0.1, 0.15) is 0 Å². The molecular formula is C18H24N2O3. The number of anilines is 1. The average Bonchev–Trinajstić information content (AvgIpc) is 2.62. The largest absolute Gasteiger partial charge is 0.378 e. The van der Waals surface area contributed by atoms with Gasteiger partial charge in [-0.05, 0) is 44.0 Å². The summed E-state index contributed by atoms with van der Waals surface area (Å²) < 4.78 is 5.31. The number of rotatable bonds is 3. The summed E-state index contributed by atoms with van der Waals surface area (Å²) in [5.41, 5.74) is 1.87. The van der Waals surface area contributed by atoms with E-state index in [1.165, 1.54) is 0 Å². The Balaban J connectivity index is 1.55. The summed E-state index contributed by atoms with van der Waals surface area (Å²) >= 11 is 0. The first-order chi connectivity index (χ1) is 11.1. The number of carbonyl (C=O) groups is 2. The zero-order chi connectivity index (χ0) is 16.2. The predicted molar refractivity (Wildman–Crippen MR) is 88.8 cm³/mol. The summed E-state index contributed by atoms with van der Waals surface area (Å²) in [6.07, 6.45) is 1.79. The van der Waals surface area contributed by atoms with Crippen LogP contribution in [0.25, 0.3) is 0 Å². The number of hydrogen-bond donors (Lipinski definition) is 0. The Bertz CT molecular complexity index is 556. The lowest BCUT2D eigenvalue weighted by atomic mass is 9.94. The number of Topliss-reactive ketones (excluding diaryl/α,β-unsaturated/α-hetero) is 1. The molecule has 0 aliphatic carbocycles. The molecule has 0 atom stereocenters. The molecule has 2 heterocycles. The third kappa shape index (κ3) is 3.72. The summed E-state index contributed by atoms with van der Waals surface area (Å²) in [7, 11) is 0. The van der Waals surface area contributed by atoms with Crippen molar-refractivity contribution in [3.05, 3.63) is 29.8 Å². The smallest absolute Gasteiger partial charge is 0.225 e. The van der Waals surface area contributed by atoms with Gasteiger partial charge in [-0.2, -0.15) is 0 Å². The normalized spacial score (nSPS) is 19.7. The maximum absolute atomic E-state index is 12.5. The van der Waals surface area contributed by atoms with Gasteiger partial charge in [0, 0.05) is 43.3 Å². The van der Waals surface area contributed by atoms with Crippen LogP contribution in [0.3, 0.4) is 0 Å². The molecule has 5 heteroatoms. The van der Waals surface area contributed by atoms with Crippen LogP contribution in [0.2, 0.25) is 0 Å². The molecule has 23 heavy (non-hydrogen) atoms. The lowest BCUT2D eigenvalue weighted by Crippen LogP contribution is -2.46. The Morgan fingerprint density at radius 1 is 1.00 bits per heavy atom. The van der Waals surface area contributed by atoms with Crippen LogP contribution in [0, 0.1) is 5.92 Å². The van der Waals surface area contributed by atoms with E-state index in [-0.39, 0.29) is 11.7 Å². The van der Waals surface area contributed by atoms with Gasteiger partial charge in [0.05, 0.1) is 13.2 Å². The van der Waals surface area contributed by atoms with E-state index in [1.807, 2.05) is 29.2 Å². The molecule has 124 valence electrons. The number of hydrogen-bond acceptors (Lipinski definition) is 4. The number of benzene rings is 1. The van der Waals surface area contributed by atoms with Crippen LogP contribution in [0.1, 0.15) is 30.1 Å². The number of amides is 1. The topological polar surface area (TPSA) is 49.9 Å². The Labute approximate surface area is 137 Å². The van der Waals surface area contributed by atoms with Crippen molar-refractivity contribution in [3.8, 4) is 0 Å². The Morgan fingerprint density at radius 3 is 2.17 bits per heavy atom. The molecule has 0 spiro atoms. The van der Waals surface area contributed by atoms with Crippen molar-refractivity contribution < 1.29 is 14.3 Å². The fourth-order valence-corrected chi connectivity index (χ4v) is 3.33. The van der Waals surface area contributed by atoms with E-state index < -0.39 is 0 Å². The molecule has 2 fully saturated rings. The second-order valence-electron chi connectivity index (χ2n) is 6.30. The lowest BCUT2D eigenvalue weighted by Gasteiger charge is -2.36. The molecule has 0 N–H and O–H groups in total. The fourth-order valence-electron chi connectivity index (χ4n) is 3.33. The van der Waals surface area contributed by atoms with Crippen molar-refractivity contribution in [1.82, 2.24) is 4.90 Å². The molecule has 2 aliphatic heterocycles. The number of ketones is 1. The van der Waals surface area contributed by atoms with E-state index in [1.54, 1.807) is 6.92 Å². The zero-order valence-electron chi connectivity index (χ0n) is 13.7. The maximum Gasteiger partial charge on any atom is 0.225 e. The number of nitrogens with zero attached hydrogens (tertiary/aromatic N) is 2. The van der Waals surface area contributed by atoms with E-state index in [0.29, 0.717) is 19.1 Å². The van der Waals surface area contributed by atoms with Crippen molar-refractivity contribution >= 4 is 17.4 Å². The second-order valence-corrected chi connectivity index (χ2v) is 6.30. The van der Waals surface area contributed by atoms with Gasteiger partial charge in [-0.25, -0.2) is 0 Å². The highest BCUT2D eigenvalue weighted by molar-refractivity contribution is 5.94. The monoisotopic (exact) mass is 316 g/mol. The summed E-state index contributed by atoms with van der Waals surface area (Å²) in [6.45, 7) is 6.13. The van der Waals surface area contributed by atoms with Crippen molar-refractivity contribution in [2.24, 2.45) is 5.92 Å². The van der Waals surface area contributed by atoms with Crippen molar-refractivity contribution in [1.29, 1.82) is 0 Å². The Morgan fingerprint density at radius 2 is 1.61 bits per heavy atom. The molecule has 2 saturated heterocycles. The highest BCUT2D eigenvalue weighted by Crippen LogP contribution is 2.25. The molecule has 1 aromatic carbocycles. The summed E-state index contributed by atoms with van der Waals surface area (Å²) in [6, 6.07) is 7.76. The second kappa shape index (κ2) is 7.13. The van der Waals surface area contributed by atoms with E-state index in [2.05, 4.69) is 4.90 Å². The van der Waals surface area contributed by atoms with Crippen molar-refractivity contribution in [2.45, 2.75) is 19.8 Å². The van der Waals surface area contributed by atoms with Crippen LogP contribution < -0.4 is 4.90 Å². The third-order valence-electron chi connectivity index (χ3n) is 4.81. The number of carbonyl (C=O) groups excluding carboxylic acids is 2. The quantitative estimate of drug-likeness (QED) is 0.800. The van der Waals surface area contributed by atoms with Crippen LogP contribution in [-0.2, 0) is 9.53 Å². The maximum atomic E-state index is 12.5. The van der Waals surface area contributed by atoms with Gasteiger partial charge in [0.2, 0.25) is 5.91 Å². The molecular weight excluding hydrogens is 292 g/mol.